The van der Waals surface area contributed by atoms with E-state index < -0.39 is 5.60 Å². The molecule has 35 heavy (non-hydrogen) atoms. The van der Waals surface area contributed by atoms with Gasteiger partial charge < -0.3 is 15.4 Å². The molecule has 1 aliphatic carbocycles. The molecule has 4 rings (SSSR count). The third-order valence-corrected chi connectivity index (χ3v) is 6.69. The number of hydrogen-bond donors (Lipinski definition) is 2. The lowest BCUT2D eigenvalue weighted by Crippen LogP contribution is -2.29. The van der Waals surface area contributed by atoms with Crippen LogP contribution in [0.1, 0.15) is 57.6 Å². The molecule has 0 aliphatic heterocycles. The zero-order valence-electron chi connectivity index (χ0n) is 20.9. The van der Waals surface area contributed by atoms with Crippen LogP contribution in [-0.4, -0.2) is 39.1 Å². The topological polar surface area (TPSA) is 89.0 Å². The Hall–Kier alpha value is -2.93. The summed E-state index contributed by atoms with van der Waals surface area (Å²) in [5.74, 6) is 1.76. The van der Waals surface area contributed by atoms with Gasteiger partial charge in [-0.2, -0.15) is 0 Å². The fraction of sp³-hybridized carbons (Fsp3) is 0.481. The van der Waals surface area contributed by atoms with Crippen LogP contribution in [0.25, 0.3) is 10.9 Å². The van der Waals surface area contributed by atoms with Gasteiger partial charge in [0.05, 0.1) is 17.0 Å². The van der Waals surface area contributed by atoms with E-state index in [2.05, 4.69) is 32.7 Å². The number of fused-ring (bicyclic) bond motifs is 1. The third-order valence-electron chi connectivity index (χ3n) is 6.21. The van der Waals surface area contributed by atoms with E-state index in [9.17, 15) is 4.79 Å². The van der Waals surface area contributed by atoms with Gasteiger partial charge in [0.2, 0.25) is 5.95 Å². The van der Waals surface area contributed by atoms with Crippen molar-refractivity contribution in [1.82, 2.24) is 15.0 Å². The number of rotatable bonds is 7. The summed E-state index contributed by atoms with van der Waals surface area (Å²) in [7, 11) is 0. The highest BCUT2D eigenvalue weighted by Gasteiger charge is 2.22. The van der Waals surface area contributed by atoms with Gasteiger partial charge in [0.1, 0.15) is 11.4 Å². The van der Waals surface area contributed by atoms with Crippen LogP contribution in [0.5, 0.6) is 0 Å². The van der Waals surface area contributed by atoms with Crippen LogP contribution in [0.15, 0.2) is 36.7 Å². The monoisotopic (exact) mass is 495 g/mol. The van der Waals surface area contributed by atoms with Crippen molar-refractivity contribution in [2.45, 2.75) is 71.4 Å². The minimum Gasteiger partial charge on any atom is -0.460 e. The van der Waals surface area contributed by atoms with Gasteiger partial charge in [-0.15, -0.1) is 0 Å². The molecule has 2 heterocycles. The van der Waals surface area contributed by atoms with Gasteiger partial charge in [-0.3, -0.25) is 4.79 Å². The number of anilines is 2. The quantitative estimate of drug-likeness (QED) is 0.391. The number of hydrogen-bond acceptors (Lipinski definition) is 7. The first-order valence-electron chi connectivity index (χ1n) is 12.3. The molecule has 1 aromatic carbocycles. The second-order valence-electron chi connectivity index (χ2n) is 10.4. The normalized spacial score (nSPS) is 18.3. The van der Waals surface area contributed by atoms with Crippen LogP contribution in [0.2, 0.25) is 5.02 Å². The van der Waals surface area contributed by atoms with Crippen molar-refractivity contribution in [3.05, 3.63) is 52.8 Å². The van der Waals surface area contributed by atoms with Gasteiger partial charge >= 0.3 is 5.97 Å². The number of carbonyl (C=O) groups is 1. The molecule has 2 N–H and O–H groups in total. The van der Waals surface area contributed by atoms with Crippen molar-refractivity contribution in [3.8, 4) is 0 Å². The Morgan fingerprint density at radius 1 is 1.09 bits per heavy atom. The van der Waals surface area contributed by atoms with Crippen molar-refractivity contribution in [3.63, 3.8) is 0 Å². The lowest BCUT2D eigenvalue weighted by atomic mass is 9.86. The summed E-state index contributed by atoms with van der Waals surface area (Å²) in [4.78, 5) is 25.5. The lowest BCUT2D eigenvalue weighted by molar-refractivity contribution is -0.153. The maximum Gasteiger partial charge on any atom is 0.310 e. The number of pyridine rings is 1. The van der Waals surface area contributed by atoms with Crippen LogP contribution in [-0.2, 0) is 16.0 Å². The highest BCUT2D eigenvalue weighted by atomic mass is 35.5. The molecule has 7 nitrogen and oxygen atoms in total. The molecule has 3 aromatic rings. The summed E-state index contributed by atoms with van der Waals surface area (Å²) in [5.41, 5.74) is 2.15. The zero-order valence-corrected chi connectivity index (χ0v) is 21.7. The predicted octanol–water partition coefficient (Wildman–Crippen LogP) is 5.95. The second-order valence-corrected chi connectivity index (χ2v) is 10.8. The van der Waals surface area contributed by atoms with Gasteiger partial charge in [0.15, 0.2) is 0 Å². The first-order chi connectivity index (χ1) is 16.7. The van der Waals surface area contributed by atoms with Gasteiger partial charge in [0.25, 0.3) is 0 Å². The minimum absolute atomic E-state index is 0.173. The van der Waals surface area contributed by atoms with Crippen molar-refractivity contribution in [2.24, 2.45) is 5.92 Å². The maximum atomic E-state index is 12.0. The number of aromatic nitrogens is 3. The fourth-order valence-corrected chi connectivity index (χ4v) is 4.59. The van der Waals surface area contributed by atoms with Gasteiger partial charge in [-0.1, -0.05) is 23.7 Å². The molecular formula is C27H34ClN5O2. The standard InChI is InChI=1S/C27H34ClN5O2/c1-17-5-8-20-9-12-22(33-25(20)24(17)28)32-21-10-6-18(7-11-21)14-29-26-30-15-19(16-31-26)13-23(34)35-27(2,3)4/h5,8-9,12,15-16,18,21H,6-7,10-11,13-14H2,1-4H3,(H,32,33)(H,29,30,31). The largest absolute Gasteiger partial charge is 0.460 e. The highest BCUT2D eigenvalue weighted by molar-refractivity contribution is 6.35. The first-order valence-corrected chi connectivity index (χ1v) is 12.6. The molecule has 186 valence electrons. The molecule has 0 amide bonds. The van der Waals surface area contributed by atoms with E-state index in [-0.39, 0.29) is 12.4 Å². The Bertz CT molecular complexity index is 1170. The molecule has 8 heteroatoms. The van der Waals surface area contributed by atoms with Crippen LogP contribution in [0, 0.1) is 12.8 Å². The Labute approximate surface area is 212 Å². The molecule has 0 radical (unpaired) electrons. The average molecular weight is 496 g/mol. The van der Waals surface area contributed by atoms with E-state index in [0.29, 0.717) is 17.9 Å². The number of benzene rings is 1. The average Bonchev–Trinajstić information content (AvgIpc) is 2.81. The van der Waals surface area contributed by atoms with Crippen LogP contribution in [0.4, 0.5) is 11.8 Å². The molecule has 1 aliphatic rings. The molecule has 0 spiro atoms. The minimum atomic E-state index is -0.493. The number of nitrogens with zero attached hydrogens (tertiary/aromatic N) is 3. The molecule has 0 atom stereocenters. The summed E-state index contributed by atoms with van der Waals surface area (Å²) >= 11 is 6.47. The van der Waals surface area contributed by atoms with Gasteiger partial charge in [-0.05, 0) is 77.0 Å². The zero-order chi connectivity index (χ0) is 25.0. The lowest BCUT2D eigenvalue weighted by Gasteiger charge is -2.29. The Morgan fingerprint density at radius 2 is 1.77 bits per heavy atom. The number of carbonyl (C=O) groups excluding carboxylic acids is 1. The summed E-state index contributed by atoms with van der Waals surface area (Å²) in [6.45, 7) is 8.41. The van der Waals surface area contributed by atoms with Crippen LogP contribution < -0.4 is 10.6 Å². The smallest absolute Gasteiger partial charge is 0.310 e. The number of ether oxygens (including phenoxy) is 1. The van der Waals surface area contributed by atoms with E-state index in [1.165, 1.54) is 0 Å². The van der Waals surface area contributed by atoms with Crippen molar-refractivity contribution >= 4 is 40.2 Å². The van der Waals surface area contributed by atoms with Crippen molar-refractivity contribution in [1.29, 1.82) is 0 Å². The molecule has 1 saturated carbocycles. The Kier molecular flexibility index (Phi) is 7.75. The second kappa shape index (κ2) is 10.8. The van der Waals surface area contributed by atoms with E-state index >= 15 is 0 Å². The molecule has 0 unspecified atom stereocenters. The number of halogens is 1. The van der Waals surface area contributed by atoms with Crippen LogP contribution >= 0.6 is 11.6 Å². The van der Waals surface area contributed by atoms with Crippen molar-refractivity contribution in [2.75, 3.05) is 17.2 Å². The number of nitrogens with one attached hydrogen (secondary N) is 2. The fourth-order valence-electron chi connectivity index (χ4n) is 4.37. The van der Waals surface area contributed by atoms with Gasteiger partial charge in [0, 0.05) is 35.9 Å². The van der Waals surface area contributed by atoms with E-state index in [1.54, 1.807) is 12.4 Å². The summed E-state index contributed by atoms with van der Waals surface area (Å²) < 4.78 is 5.35. The Morgan fingerprint density at radius 3 is 2.46 bits per heavy atom. The van der Waals surface area contributed by atoms with Crippen LogP contribution in [0.3, 0.4) is 0 Å². The van der Waals surface area contributed by atoms with E-state index in [1.807, 2.05) is 39.8 Å². The van der Waals surface area contributed by atoms with Crippen molar-refractivity contribution < 1.29 is 9.53 Å². The third kappa shape index (κ3) is 7.04. The maximum absolute atomic E-state index is 12.0. The Balaban J connectivity index is 1.22. The molecular weight excluding hydrogens is 462 g/mol. The number of aryl methyl sites for hydroxylation is 1. The summed E-state index contributed by atoms with van der Waals surface area (Å²) in [6.07, 6.45) is 7.96. The highest BCUT2D eigenvalue weighted by Crippen LogP contribution is 2.29. The summed E-state index contributed by atoms with van der Waals surface area (Å²) in [5, 5.41) is 8.72. The molecule has 0 saturated heterocycles. The number of esters is 1. The van der Waals surface area contributed by atoms with Gasteiger partial charge in [-0.25, -0.2) is 15.0 Å². The molecule has 2 aromatic heterocycles. The summed E-state index contributed by atoms with van der Waals surface area (Å²) in [6, 6.07) is 8.60. The predicted molar refractivity (Wildman–Crippen MR) is 141 cm³/mol. The molecule has 1 fully saturated rings. The van der Waals surface area contributed by atoms with E-state index in [0.717, 1.165) is 65.1 Å². The SMILES string of the molecule is Cc1ccc2ccc(NC3CCC(CNc4ncc(CC(=O)OC(C)(C)C)cn4)CC3)nc2c1Cl. The molecule has 0 bridgehead atoms. The van der Waals surface area contributed by atoms with E-state index in [4.69, 9.17) is 21.3 Å². The first kappa shape index (κ1) is 25.2.